The third-order valence-corrected chi connectivity index (χ3v) is 1.67. The molecule has 0 fully saturated rings. The molecular weight excluding hydrogens is 142 g/mol. The standard InChI is InChI=1S/C8H9NO2/c9-6-7(10)8(11)4-2-1-3-5-8/h1-4,7,10-11H,5H2. The zero-order chi connectivity index (χ0) is 8.32. The number of allylic oxidation sites excluding steroid dienone is 2. The van der Waals surface area contributed by atoms with Gasteiger partial charge in [-0.15, -0.1) is 0 Å². The van der Waals surface area contributed by atoms with Gasteiger partial charge in [0.25, 0.3) is 0 Å². The molecule has 2 atom stereocenters. The molecule has 0 heterocycles. The second-order valence-electron chi connectivity index (χ2n) is 2.51. The van der Waals surface area contributed by atoms with E-state index < -0.39 is 11.7 Å². The van der Waals surface area contributed by atoms with Gasteiger partial charge in [0.2, 0.25) is 0 Å². The predicted octanol–water partition coefficient (Wildman–Crippen LogP) is 0.118. The molecule has 0 aromatic heterocycles. The number of nitriles is 1. The molecule has 0 spiro atoms. The van der Waals surface area contributed by atoms with Crippen molar-refractivity contribution >= 4 is 0 Å². The zero-order valence-electron chi connectivity index (χ0n) is 5.94. The molecule has 2 unspecified atom stereocenters. The molecule has 3 heteroatoms. The summed E-state index contributed by atoms with van der Waals surface area (Å²) in [5.41, 5.74) is -1.39. The van der Waals surface area contributed by atoms with Crippen molar-refractivity contribution in [2.24, 2.45) is 0 Å². The number of aliphatic hydroxyl groups excluding tert-OH is 1. The normalized spacial score (nSPS) is 31.4. The molecule has 0 radical (unpaired) electrons. The van der Waals surface area contributed by atoms with E-state index in [2.05, 4.69) is 0 Å². The van der Waals surface area contributed by atoms with Crippen LogP contribution < -0.4 is 0 Å². The van der Waals surface area contributed by atoms with Gasteiger partial charge >= 0.3 is 0 Å². The minimum absolute atomic E-state index is 0.290. The van der Waals surface area contributed by atoms with E-state index in [9.17, 15) is 5.11 Å². The van der Waals surface area contributed by atoms with Gasteiger partial charge in [-0.05, 0) is 6.08 Å². The Labute approximate surface area is 64.9 Å². The number of nitrogens with zero attached hydrogens (tertiary/aromatic N) is 1. The Morgan fingerprint density at radius 2 is 2.27 bits per heavy atom. The van der Waals surface area contributed by atoms with Crippen LogP contribution in [0.4, 0.5) is 0 Å². The Bertz CT molecular complexity index is 239. The fourth-order valence-corrected chi connectivity index (χ4v) is 0.940. The van der Waals surface area contributed by atoms with Crippen LogP contribution in [-0.2, 0) is 0 Å². The summed E-state index contributed by atoms with van der Waals surface area (Å²) in [5.74, 6) is 0. The van der Waals surface area contributed by atoms with Crippen LogP contribution in [0.3, 0.4) is 0 Å². The zero-order valence-corrected chi connectivity index (χ0v) is 5.94. The van der Waals surface area contributed by atoms with Crippen LogP contribution >= 0.6 is 0 Å². The summed E-state index contributed by atoms with van der Waals surface area (Å²) in [4.78, 5) is 0. The molecule has 3 nitrogen and oxygen atoms in total. The largest absolute Gasteiger partial charge is 0.382 e. The maximum absolute atomic E-state index is 9.53. The molecule has 0 saturated carbocycles. The van der Waals surface area contributed by atoms with Gasteiger partial charge in [-0.25, -0.2) is 0 Å². The number of hydrogen-bond acceptors (Lipinski definition) is 3. The van der Waals surface area contributed by atoms with Crippen LogP contribution in [0.1, 0.15) is 6.42 Å². The lowest BCUT2D eigenvalue weighted by atomic mass is 9.90. The Morgan fingerprint density at radius 1 is 1.55 bits per heavy atom. The highest BCUT2D eigenvalue weighted by Gasteiger charge is 2.32. The fourth-order valence-electron chi connectivity index (χ4n) is 0.940. The van der Waals surface area contributed by atoms with Crippen molar-refractivity contribution in [2.75, 3.05) is 0 Å². The van der Waals surface area contributed by atoms with Gasteiger partial charge in [0.05, 0.1) is 6.07 Å². The topological polar surface area (TPSA) is 64.2 Å². The summed E-state index contributed by atoms with van der Waals surface area (Å²) >= 11 is 0. The molecule has 0 saturated heterocycles. The summed E-state index contributed by atoms with van der Waals surface area (Å²) in [5, 5.41) is 26.9. The van der Waals surface area contributed by atoms with Crippen LogP contribution in [0.5, 0.6) is 0 Å². The minimum atomic E-state index is -1.39. The molecule has 11 heavy (non-hydrogen) atoms. The van der Waals surface area contributed by atoms with Gasteiger partial charge in [-0.3, -0.25) is 0 Å². The van der Waals surface area contributed by atoms with Crippen LogP contribution in [-0.4, -0.2) is 21.9 Å². The van der Waals surface area contributed by atoms with Gasteiger partial charge in [0, 0.05) is 6.42 Å². The lowest BCUT2D eigenvalue weighted by Gasteiger charge is -2.25. The highest BCUT2D eigenvalue weighted by atomic mass is 16.3. The molecule has 1 aliphatic rings. The van der Waals surface area contributed by atoms with E-state index in [0.29, 0.717) is 0 Å². The first-order valence-corrected chi connectivity index (χ1v) is 3.33. The second-order valence-corrected chi connectivity index (χ2v) is 2.51. The first kappa shape index (κ1) is 7.99. The highest BCUT2D eigenvalue weighted by Crippen LogP contribution is 2.20. The molecule has 0 aliphatic heterocycles. The van der Waals surface area contributed by atoms with E-state index in [1.54, 1.807) is 24.3 Å². The van der Waals surface area contributed by atoms with Crippen LogP contribution in [0, 0.1) is 11.3 Å². The lowest BCUT2D eigenvalue weighted by molar-refractivity contribution is -0.00834. The maximum Gasteiger partial charge on any atom is 0.173 e. The molecule has 0 aromatic carbocycles. The van der Waals surface area contributed by atoms with E-state index >= 15 is 0 Å². The summed E-state index contributed by atoms with van der Waals surface area (Å²) in [6.45, 7) is 0. The van der Waals surface area contributed by atoms with Crippen molar-refractivity contribution < 1.29 is 10.2 Å². The Kier molecular flexibility index (Phi) is 2.08. The summed E-state index contributed by atoms with van der Waals surface area (Å²) < 4.78 is 0. The maximum atomic E-state index is 9.53. The Hall–Kier alpha value is -1.11. The molecule has 0 bridgehead atoms. The molecule has 0 aromatic rings. The Balaban J connectivity index is 2.77. The van der Waals surface area contributed by atoms with Crippen molar-refractivity contribution in [3.05, 3.63) is 24.3 Å². The summed E-state index contributed by atoms with van der Waals surface area (Å²) in [6, 6.07) is 1.60. The predicted molar refractivity (Wildman–Crippen MR) is 39.5 cm³/mol. The van der Waals surface area contributed by atoms with Gasteiger partial charge in [-0.1, -0.05) is 18.2 Å². The van der Waals surface area contributed by atoms with Crippen molar-refractivity contribution in [3.8, 4) is 6.07 Å². The molecule has 58 valence electrons. The monoisotopic (exact) mass is 151 g/mol. The molecular formula is C8H9NO2. The lowest BCUT2D eigenvalue weighted by Crippen LogP contribution is -2.39. The van der Waals surface area contributed by atoms with E-state index in [0.717, 1.165) is 0 Å². The molecule has 0 amide bonds. The highest BCUT2D eigenvalue weighted by molar-refractivity contribution is 5.22. The molecule has 2 N–H and O–H groups in total. The average molecular weight is 151 g/mol. The fraction of sp³-hybridized carbons (Fsp3) is 0.375. The van der Waals surface area contributed by atoms with E-state index in [-0.39, 0.29) is 6.42 Å². The van der Waals surface area contributed by atoms with E-state index in [4.69, 9.17) is 10.4 Å². The third-order valence-electron chi connectivity index (χ3n) is 1.67. The van der Waals surface area contributed by atoms with Crippen LogP contribution in [0.15, 0.2) is 24.3 Å². The van der Waals surface area contributed by atoms with Crippen molar-refractivity contribution in [2.45, 2.75) is 18.1 Å². The van der Waals surface area contributed by atoms with Crippen LogP contribution in [0.2, 0.25) is 0 Å². The van der Waals surface area contributed by atoms with E-state index in [1.165, 1.54) is 6.08 Å². The molecule has 1 aliphatic carbocycles. The quantitative estimate of drug-likeness (QED) is 0.523. The van der Waals surface area contributed by atoms with Crippen LogP contribution in [0.25, 0.3) is 0 Å². The van der Waals surface area contributed by atoms with Crippen molar-refractivity contribution in [3.63, 3.8) is 0 Å². The molecule has 1 rings (SSSR count). The Morgan fingerprint density at radius 3 is 2.73 bits per heavy atom. The van der Waals surface area contributed by atoms with Gasteiger partial charge in [0.15, 0.2) is 6.10 Å². The van der Waals surface area contributed by atoms with E-state index in [1.807, 2.05) is 0 Å². The summed E-state index contributed by atoms with van der Waals surface area (Å²) in [6.07, 6.45) is 5.46. The number of rotatable bonds is 1. The smallest absolute Gasteiger partial charge is 0.173 e. The second kappa shape index (κ2) is 2.87. The first-order chi connectivity index (χ1) is 5.19. The number of aliphatic hydroxyl groups is 2. The van der Waals surface area contributed by atoms with Gasteiger partial charge < -0.3 is 10.2 Å². The van der Waals surface area contributed by atoms with Gasteiger partial charge in [-0.2, -0.15) is 5.26 Å². The van der Waals surface area contributed by atoms with Crippen molar-refractivity contribution in [1.29, 1.82) is 5.26 Å². The van der Waals surface area contributed by atoms with Crippen molar-refractivity contribution in [1.82, 2.24) is 0 Å². The van der Waals surface area contributed by atoms with Gasteiger partial charge in [0.1, 0.15) is 5.60 Å². The number of hydrogen-bond donors (Lipinski definition) is 2. The minimum Gasteiger partial charge on any atom is -0.382 e. The third kappa shape index (κ3) is 1.48. The average Bonchev–Trinajstić information content (AvgIpc) is 2.04. The first-order valence-electron chi connectivity index (χ1n) is 3.33. The SMILES string of the molecule is N#CC(O)C1(O)C=CC=CC1. The summed E-state index contributed by atoms with van der Waals surface area (Å²) in [7, 11) is 0.